The van der Waals surface area contributed by atoms with Crippen LogP contribution in [0.15, 0.2) is 28.8 Å². The quantitative estimate of drug-likeness (QED) is 0.716. The number of carbonyl (C=O) groups is 1. The Morgan fingerprint density at radius 1 is 1.37 bits per heavy atom. The van der Waals surface area contributed by atoms with Crippen LogP contribution in [0.5, 0.6) is 11.5 Å². The molecule has 0 unspecified atom stereocenters. The first-order chi connectivity index (χ1) is 13.0. The topological polar surface area (TPSA) is 73.6 Å². The first-order valence-corrected chi connectivity index (χ1v) is 9.62. The summed E-state index contributed by atoms with van der Waals surface area (Å²) in [6.45, 7) is 6.52. The Kier molecular flexibility index (Phi) is 6.26. The Labute approximate surface area is 164 Å². The summed E-state index contributed by atoms with van der Waals surface area (Å²) in [5.74, 6) is 2.88. The van der Waals surface area contributed by atoms with Crippen molar-refractivity contribution in [3.05, 3.63) is 40.7 Å². The summed E-state index contributed by atoms with van der Waals surface area (Å²) < 4.78 is 16.7. The number of hydrogen-bond donors (Lipinski definition) is 1. The van der Waals surface area contributed by atoms with E-state index in [0.717, 1.165) is 24.3 Å². The van der Waals surface area contributed by atoms with Crippen molar-refractivity contribution in [2.75, 3.05) is 13.2 Å². The van der Waals surface area contributed by atoms with Gasteiger partial charge < -0.3 is 19.3 Å². The van der Waals surface area contributed by atoms with Crippen LogP contribution in [0, 0.1) is 5.92 Å². The van der Waals surface area contributed by atoms with Gasteiger partial charge in [-0.05, 0) is 44.7 Å². The maximum absolute atomic E-state index is 11.1. The Bertz CT molecular complexity index is 786. The lowest BCUT2D eigenvalue weighted by Gasteiger charge is -2.33. The van der Waals surface area contributed by atoms with E-state index >= 15 is 0 Å². The highest BCUT2D eigenvalue weighted by Gasteiger charge is 2.33. The molecular formula is C20H25ClN2O4. The number of ether oxygens (including phenoxy) is 2. The molecule has 7 heteroatoms. The van der Waals surface area contributed by atoms with E-state index in [0.29, 0.717) is 41.6 Å². The third-order valence-electron chi connectivity index (χ3n) is 4.74. The van der Waals surface area contributed by atoms with Gasteiger partial charge in [-0.25, -0.2) is 0 Å². The van der Waals surface area contributed by atoms with Crippen LogP contribution in [0.1, 0.15) is 57.0 Å². The van der Waals surface area contributed by atoms with Gasteiger partial charge in [0.15, 0.2) is 5.76 Å². The van der Waals surface area contributed by atoms with Gasteiger partial charge in [-0.1, -0.05) is 16.8 Å². The highest BCUT2D eigenvalue weighted by atomic mass is 35.5. The molecule has 0 radical (unpaired) electrons. The number of nitrogens with one attached hydrogen (secondary N) is 1. The van der Waals surface area contributed by atoms with Gasteiger partial charge in [0.2, 0.25) is 5.91 Å². The Morgan fingerprint density at radius 2 is 2.15 bits per heavy atom. The summed E-state index contributed by atoms with van der Waals surface area (Å²) in [5, 5.41) is 7.52. The van der Waals surface area contributed by atoms with Gasteiger partial charge in [0.25, 0.3) is 0 Å². The van der Waals surface area contributed by atoms with Crippen molar-refractivity contribution in [3.63, 3.8) is 0 Å². The first kappa shape index (κ1) is 19.5. The third-order valence-corrected chi connectivity index (χ3v) is 5.03. The van der Waals surface area contributed by atoms with Crippen LogP contribution >= 0.6 is 11.6 Å². The molecule has 0 aliphatic heterocycles. The average Bonchev–Trinajstić information content (AvgIpc) is 3.05. The largest absolute Gasteiger partial charge is 0.493 e. The van der Waals surface area contributed by atoms with Gasteiger partial charge in [-0.3, -0.25) is 4.79 Å². The summed E-state index contributed by atoms with van der Waals surface area (Å²) in [6, 6.07) is 7.26. The Balaban J connectivity index is 1.46. The average molecular weight is 393 g/mol. The molecule has 1 aromatic carbocycles. The van der Waals surface area contributed by atoms with Crippen LogP contribution in [0.2, 0.25) is 5.02 Å². The zero-order chi connectivity index (χ0) is 19.4. The van der Waals surface area contributed by atoms with E-state index in [-0.39, 0.29) is 11.9 Å². The second kappa shape index (κ2) is 8.65. The first-order valence-electron chi connectivity index (χ1n) is 9.25. The third kappa shape index (κ3) is 4.95. The fraction of sp³-hybridized carbons (Fsp3) is 0.500. The van der Waals surface area contributed by atoms with Crippen molar-refractivity contribution in [1.29, 1.82) is 0 Å². The minimum absolute atomic E-state index is 0.0873. The number of benzene rings is 1. The molecule has 1 heterocycles. The molecule has 1 amide bonds. The molecule has 27 heavy (non-hydrogen) atoms. The van der Waals surface area contributed by atoms with E-state index in [4.69, 9.17) is 25.6 Å². The zero-order valence-corrected chi connectivity index (χ0v) is 16.6. The lowest BCUT2D eigenvalue weighted by molar-refractivity contribution is -0.119. The molecule has 1 aliphatic carbocycles. The molecule has 0 spiro atoms. The number of halogens is 1. The van der Waals surface area contributed by atoms with Crippen molar-refractivity contribution in [1.82, 2.24) is 10.5 Å². The SMILES string of the molecule is CCOc1ccc(OCC2CC(c3cc([C@H](C)NC(C)=O)on3)C2)cc1Cl. The van der Waals surface area contributed by atoms with Gasteiger partial charge in [-0.15, -0.1) is 0 Å². The predicted octanol–water partition coefficient (Wildman–Crippen LogP) is 4.50. The number of carbonyl (C=O) groups excluding carboxylic acids is 1. The van der Waals surface area contributed by atoms with Gasteiger partial charge >= 0.3 is 0 Å². The molecule has 1 N–H and O–H groups in total. The van der Waals surface area contributed by atoms with Gasteiger partial charge in [0, 0.05) is 25.0 Å². The van der Waals surface area contributed by atoms with E-state index in [1.807, 2.05) is 32.0 Å². The van der Waals surface area contributed by atoms with Crippen LogP contribution in [-0.4, -0.2) is 24.3 Å². The molecule has 3 rings (SSSR count). The normalized spacial score (nSPS) is 19.9. The van der Waals surface area contributed by atoms with Crippen molar-refractivity contribution < 1.29 is 18.8 Å². The standard InChI is InChI=1S/C20H25ClN2O4/c1-4-25-19-6-5-16(9-17(19)21)26-11-14-7-15(8-14)18-10-20(27-23-18)12(2)22-13(3)24/h5-6,9-10,12,14-15H,4,7-8,11H2,1-3H3,(H,22,24)/t12-,14?,15?/m0/s1. The molecule has 146 valence electrons. The molecule has 1 aromatic heterocycles. The molecule has 1 aliphatic rings. The smallest absolute Gasteiger partial charge is 0.217 e. The van der Waals surface area contributed by atoms with Crippen LogP contribution in [0.25, 0.3) is 0 Å². The number of hydrogen-bond acceptors (Lipinski definition) is 5. The van der Waals surface area contributed by atoms with Gasteiger partial charge in [0.1, 0.15) is 11.5 Å². The highest BCUT2D eigenvalue weighted by molar-refractivity contribution is 6.32. The predicted molar refractivity (Wildman–Crippen MR) is 102 cm³/mol. The summed E-state index contributed by atoms with van der Waals surface area (Å²) in [4.78, 5) is 11.1. The number of nitrogens with zero attached hydrogens (tertiary/aromatic N) is 1. The maximum atomic E-state index is 11.1. The molecule has 0 bridgehead atoms. The molecule has 1 fully saturated rings. The van der Waals surface area contributed by atoms with E-state index in [9.17, 15) is 4.79 Å². The monoisotopic (exact) mass is 392 g/mol. The molecular weight excluding hydrogens is 368 g/mol. The van der Waals surface area contributed by atoms with Crippen LogP contribution in [-0.2, 0) is 4.79 Å². The van der Waals surface area contributed by atoms with Crippen molar-refractivity contribution in [2.45, 2.75) is 45.6 Å². The maximum Gasteiger partial charge on any atom is 0.217 e. The lowest BCUT2D eigenvalue weighted by Crippen LogP contribution is -2.27. The van der Waals surface area contributed by atoms with E-state index in [1.165, 1.54) is 6.92 Å². The molecule has 2 aromatic rings. The molecule has 1 saturated carbocycles. The van der Waals surface area contributed by atoms with E-state index < -0.39 is 0 Å². The number of aromatic nitrogens is 1. The molecule has 0 saturated heterocycles. The van der Waals surface area contributed by atoms with Gasteiger partial charge in [0.05, 0.1) is 30.0 Å². The van der Waals surface area contributed by atoms with Crippen molar-refractivity contribution in [2.24, 2.45) is 5.92 Å². The lowest BCUT2D eigenvalue weighted by atomic mass is 9.73. The minimum atomic E-state index is -0.174. The fourth-order valence-electron chi connectivity index (χ4n) is 3.25. The minimum Gasteiger partial charge on any atom is -0.493 e. The Hall–Kier alpha value is -2.21. The van der Waals surface area contributed by atoms with Gasteiger partial charge in [-0.2, -0.15) is 0 Å². The summed E-state index contributed by atoms with van der Waals surface area (Å²) in [5.41, 5.74) is 0.947. The second-order valence-corrected chi connectivity index (χ2v) is 7.35. The highest BCUT2D eigenvalue weighted by Crippen LogP contribution is 2.42. The zero-order valence-electron chi connectivity index (χ0n) is 15.8. The van der Waals surface area contributed by atoms with Crippen molar-refractivity contribution in [3.8, 4) is 11.5 Å². The summed E-state index contributed by atoms with van der Waals surface area (Å²) in [7, 11) is 0. The molecule has 1 atom stereocenters. The molecule has 6 nitrogen and oxygen atoms in total. The van der Waals surface area contributed by atoms with Crippen LogP contribution < -0.4 is 14.8 Å². The van der Waals surface area contributed by atoms with Crippen LogP contribution in [0.3, 0.4) is 0 Å². The fourth-order valence-corrected chi connectivity index (χ4v) is 3.47. The summed E-state index contributed by atoms with van der Waals surface area (Å²) >= 11 is 6.18. The summed E-state index contributed by atoms with van der Waals surface area (Å²) in [6.07, 6.45) is 2.01. The number of rotatable bonds is 8. The Morgan fingerprint density at radius 3 is 2.81 bits per heavy atom. The number of amides is 1. The van der Waals surface area contributed by atoms with E-state index in [1.54, 1.807) is 6.07 Å². The second-order valence-electron chi connectivity index (χ2n) is 6.95. The van der Waals surface area contributed by atoms with Crippen LogP contribution in [0.4, 0.5) is 0 Å². The van der Waals surface area contributed by atoms with E-state index in [2.05, 4.69) is 10.5 Å². The van der Waals surface area contributed by atoms with Crippen molar-refractivity contribution >= 4 is 17.5 Å².